The molecule has 1 aromatic carbocycles. The topological polar surface area (TPSA) is 84.5 Å². The summed E-state index contributed by atoms with van der Waals surface area (Å²) in [6, 6.07) is 7.57. The Morgan fingerprint density at radius 1 is 1.10 bits per heavy atom. The van der Waals surface area contributed by atoms with Crippen LogP contribution in [0.25, 0.3) is 0 Å². The van der Waals surface area contributed by atoms with Crippen LogP contribution in [0.2, 0.25) is 0 Å². The van der Waals surface area contributed by atoms with E-state index in [0.717, 1.165) is 47.4 Å². The molecule has 1 aliphatic carbocycles. The lowest BCUT2D eigenvalue weighted by Crippen LogP contribution is -2.22. The molecule has 2 aromatic rings. The van der Waals surface area contributed by atoms with Gasteiger partial charge in [-0.25, -0.2) is 4.79 Å². The molecule has 1 aromatic heterocycles. The number of rotatable bonds is 6. The van der Waals surface area contributed by atoms with Crippen molar-refractivity contribution in [2.24, 2.45) is 0 Å². The first kappa shape index (κ1) is 21.0. The standard InChI is InChI=1S/C22H26N2O4S/c1-13(2)15-8-4-6-10-17(15)24-19(26)12-28-22(27)20-16-9-5-7-11-18(16)29-21(20)23-14(3)25/h4,6,8,10,13H,5,7,9,11-12H2,1-3H3,(H,23,25)(H,24,26). The molecule has 0 fully saturated rings. The summed E-state index contributed by atoms with van der Waals surface area (Å²) in [5.41, 5.74) is 3.08. The smallest absolute Gasteiger partial charge is 0.341 e. The van der Waals surface area contributed by atoms with Crippen molar-refractivity contribution in [2.45, 2.75) is 52.4 Å². The minimum absolute atomic E-state index is 0.235. The highest BCUT2D eigenvalue weighted by molar-refractivity contribution is 7.17. The van der Waals surface area contributed by atoms with Gasteiger partial charge >= 0.3 is 5.97 Å². The van der Waals surface area contributed by atoms with Crippen LogP contribution < -0.4 is 10.6 Å². The van der Waals surface area contributed by atoms with Gasteiger partial charge in [-0.05, 0) is 48.8 Å². The van der Waals surface area contributed by atoms with Gasteiger partial charge in [0.2, 0.25) is 5.91 Å². The summed E-state index contributed by atoms with van der Waals surface area (Å²) in [5.74, 6) is -0.940. The Labute approximate surface area is 174 Å². The molecule has 7 heteroatoms. The lowest BCUT2D eigenvalue weighted by molar-refractivity contribution is -0.119. The molecular formula is C22H26N2O4S. The number of ether oxygens (including phenoxy) is 1. The van der Waals surface area contributed by atoms with Crippen LogP contribution in [0, 0.1) is 0 Å². The Morgan fingerprint density at radius 2 is 1.83 bits per heavy atom. The third-order valence-corrected chi connectivity index (χ3v) is 6.06. The van der Waals surface area contributed by atoms with E-state index in [1.54, 1.807) is 0 Å². The first-order valence-corrected chi connectivity index (χ1v) is 10.7. The monoisotopic (exact) mass is 414 g/mol. The van der Waals surface area contributed by atoms with Crippen LogP contribution >= 0.6 is 11.3 Å². The number of aryl methyl sites for hydroxylation is 1. The molecule has 2 N–H and O–H groups in total. The van der Waals surface area contributed by atoms with Crippen LogP contribution in [-0.2, 0) is 27.2 Å². The molecule has 154 valence electrons. The maximum Gasteiger partial charge on any atom is 0.341 e. The van der Waals surface area contributed by atoms with Gasteiger partial charge in [0.05, 0.1) is 5.56 Å². The average Bonchev–Trinajstić information content (AvgIpc) is 3.03. The normalized spacial score (nSPS) is 13.0. The molecule has 0 saturated heterocycles. The molecule has 29 heavy (non-hydrogen) atoms. The SMILES string of the molecule is CC(=O)Nc1sc2c(c1C(=O)OCC(=O)Nc1ccccc1C(C)C)CCCC2. The fraction of sp³-hybridized carbons (Fsp3) is 0.409. The number of benzene rings is 1. The Hall–Kier alpha value is -2.67. The van der Waals surface area contributed by atoms with Crippen LogP contribution in [0.15, 0.2) is 24.3 Å². The molecule has 0 unspecified atom stereocenters. The van der Waals surface area contributed by atoms with Crippen molar-refractivity contribution in [3.05, 3.63) is 45.8 Å². The number of esters is 1. The van der Waals surface area contributed by atoms with E-state index in [9.17, 15) is 14.4 Å². The molecule has 0 spiro atoms. The van der Waals surface area contributed by atoms with Gasteiger partial charge in [-0.15, -0.1) is 11.3 Å². The van der Waals surface area contributed by atoms with E-state index in [4.69, 9.17) is 4.74 Å². The van der Waals surface area contributed by atoms with Gasteiger partial charge in [-0.1, -0.05) is 32.0 Å². The van der Waals surface area contributed by atoms with Crippen molar-refractivity contribution in [3.8, 4) is 0 Å². The highest BCUT2D eigenvalue weighted by Gasteiger charge is 2.27. The van der Waals surface area contributed by atoms with Crippen LogP contribution in [0.4, 0.5) is 10.7 Å². The van der Waals surface area contributed by atoms with E-state index in [1.807, 2.05) is 38.1 Å². The van der Waals surface area contributed by atoms with Crippen LogP contribution in [0.3, 0.4) is 0 Å². The highest BCUT2D eigenvalue weighted by atomic mass is 32.1. The fourth-order valence-electron chi connectivity index (χ4n) is 3.53. The largest absolute Gasteiger partial charge is 0.452 e. The number of thiophene rings is 1. The molecule has 1 heterocycles. The second kappa shape index (κ2) is 9.22. The van der Waals surface area contributed by atoms with Crippen molar-refractivity contribution in [3.63, 3.8) is 0 Å². The summed E-state index contributed by atoms with van der Waals surface area (Å²) < 4.78 is 5.31. The van der Waals surface area contributed by atoms with Crippen LogP contribution in [0.1, 0.15) is 65.9 Å². The maximum atomic E-state index is 12.8. The van der Waals surface area contributed by atoms with Gasteiger partial charge in [0, 0.05) is 17.5 Å². The molecule has 0 aliphatic heterocycles. The number of hydrogen-bond donors (Lipinski definition) is 2. The summed E-state index contributed by atoms with van der Waals surface area (Å²) in [4.78, 5) is 37.8. The van der Waals surface area contributed by atoms with Gasteiger partial charge < -0.3 is 15.4 Å². The molecule has 0 bridgehead atoms. The number of amides is 2. The maximum absolute atomic E-state index is 12.8. The second-order valence-corrected chi connectivity index (χ2v) is 8.57. The summed E-state index contributed by atoms with van der Waals surface area (Å²) in [5, 5.41) is 6.07. The third-order valence-electron chi connectivity index (χ3n) is 4.86. The van der Waals surface area contributed by atoms with Gasteiger partial charge in [0.1, 0.15) is 5.00 Å². The molecular weight excluding hydrogens is 388 g/mol. The number of para-hydroxylation sites is 1. The minimum atomic E-state index is -0.569. The van der Waals surface area contributed by atoms with E-state index in [2.05, 4.69) is 10.6 Å². The summed E-state index contributed by atoms with van der Waals surface area (Å²) >= 11 is 1.43. The van der Waals surface area contributed by atoms with Crippen LogP contribution in [0.5, 0.6) is 0 Å². The van der Waals surface area contributed by atoms with E-state index >= 15 is 0 Å². The zero-order chi connectivity index (χ0) is 21.0. The van der Waals surface area contributed by atoms with E-state index in [1.165, 1.54) is 18.3 Å². The van der Waals surface area contributed by atoms with Crippen molar-refractivity contribution in [2.75, 3.05) is 17.2 Å². The Balaban J connectivity index is 1.70. The summed E-state index contributed by atoms with van der Waals surface area (Å²) in [6.45, 7) is 5.13. The van der Waals surface area contributed by atoms with Gasteiger partial charge in [-0.2, -0.15) is 0 Å². The molecule has 0 saturated carbocycles. The first-order valence-electron chi connectivity index (χ1n) is 9.84. The molecule has 6 nitrogen and oxygen atoms in total. The van der Waals surface area contributed by atoms with E-state index in [0.29, 0.717) is 10.6 Å². The summed E-state index contributed by atoms with van der Waals surface area (Å²) in [7, 11) is 0. The van der Waals surface area contributed by atoms with Gasteiger partial charge in [-0.3, -0.25) is 9.59 Å². The average molecular weight is 415 g/mol. The number of hydrogen-bond acceptors (Lipinski definition) is 5. The zero-order valence-electron chi connectivity index (χ0n) is 17.0. The summed E-state index contributed by atoms with van der Waals surface area (Å²) in [6.07, 6.45) is 3.74. The van der Waals surface area contributed by atoms with Gasteiger partial charge in [0.25, 0.3) is 5.91 Å². The third kappa shape index (κ3) is 5.03. The molecule has 0 radical (unpaired) electrons. The predicted octanol–water partition coefficient (Wildman–Crippen LogP) is 4.50. The van der Waals surface area contributed by atoms with E-state index in [-0.39, 0.29) is 18.4 Å². The fourth-order valence-corrected chi connectivity index (χ4v) is 4.86. The number of carbonyl (C=O) groups is 3. The first-order chi connectivity index (χ1) is 13.9. The Bertz CT molecular complexity index is 933. The second-order valence-electron chi connectivity index (χ2n) is 7.46. The number of fused-ring (bicyclic) bond motifs is 1. The number of nitrogens with one attached hydrogen (secondary N) is 2. The molecule has 3 rings (SSSR count). The Morgan fingerprint density at radius 3 is 2.55 bits per heavy atom. The van der Waals surface area contributed by atoms with Gasteiger partial charge in [0.15, 0.2) is 6.61 Å². The van der Waals surface area contributed by atoms with Crippen molar-refractivity contribution < 1.29 is 19.1 Å². The van der Waals surface area contributed by atoms with Crippen molar-refractivity contribution in [1.29, 1.82) is 0 Å². The van der Waals surface area contributed by atoms with Crippen molar-refractivity contribution in [1.82, 2.24) is 0 Å². The zero-order valence-corrected chi connectivity index (χ0v) is 17.8. The van der Waals surface area contributed by atoms with Crippen LogP contribution in [-0.4, -0.2) is 24.4 Å². The molecule has 2 amide bonds. The quantitative estimate of drug-likeness (QED) is 0.682. The minimum Gasteiger partial charge on any atom is -0.452 e. The predicted molar refractivity (Wildman–Crippen MR) is 115 cm³/mol. The Kier molecular flexibility index (Phi) is 6.69. The van der Waals surface area contributed by atoms with E-state index < -0.39 is 11.9 Å². The lowest BCUT2D eigenvalue weighted by atomic mass is 9.95. The number of anilines is 2. The lowest BCUT2D eigenvalue weighted by Gasteiger charge is -2.14. The highest BCUT2D eigenvalue weighted by Crippen LogP contribution is 2.38. The molecule has 0 atom stereocenters. The molecule has 1 aliphatic rings. The number of carbonyl (C=O) groups excluding carboxylic acids is 3. The van der Waals surface area contributed by atoms with Crippen molar-refractivity contribution >= 4 is 39.8 Å².